The van der Waals surface area contributed by atoms with Gasteiger partial charge in [-0.2, -0.15) is 0 Å². The number of phenols is 1. The zero-order valence-corrected chi connectivity index (χ0v) is 10.2. The van der Waals surface area contributed by atoms with Gasteiger partial charge in [0.05, 0.1) is 6.61 Å². The summed E-state index contributed by atoms with van der Waals surface area (Å²) in [6.07, 6.45) is 0.617. The van der Waals surface area contributed by atoms with Crippen LogP contribution in [0.5, 0.6) is 11.5 Å². The first-order valence-electron chi connectivity index (χ1n) is 5.52. The minimum atomic E-state index is -0.111. The fourth-order valence-electron chi connectivity index (χ4n) is 1.46. The molecule has 0 fully saturated rings. The van der Waals surface area contributed by atoms with Crippen molar-refractivity contribution in [3.05, 3.63) is 23.8 Å². The molecule has 0 radical (unpaired) electrons. The second-order valence-electron chi connectivity index (χ2n) is 4.85. The maximum absolute atomic E-state index is 9.75. The van der Waals surface area contributed by atoms with Gasteiger partial charge in [0.1, 0.15) is 11.5 Å². The second-order valence-corrected chi connectivity index (χ2v) is 4.85. The lowest BCUT2D eigenvalue weighted by Crippen LogP contribution is -2.11. The highest BCUT2D eigenvalue weighted by Gasteiger charge is 2.18. The summed E-state index contributed by atoms with van der Waals surface area (Å²) in [5, 5.41) is 18.4. The zero-order valence-electron chi connectivity index (χ0n) is 10.2. The number of aliphatic hydroxyl groups excluding tert-OH is 1. The second kappa shape index (κ2) is 5.21. The van der Waals surface area contributed by atoms with Crippen molar-refractivity contribution in [2.24, 2.45) is 0 Å². The highest BCUT2D eigenvalue weighted by Crippen LogP contribution is 2.33. The third kappa shape index (κ3) is 3.42. The van der Waals surface area contributed by atoms with Gasteiger partial charge < -0.3 is 14.9 Å². The Hall–Kier alpha value is -1.22. The minimum Gasteiger partial charge on any atom is -0.508 e. The Morgan fingerprint density at radius 1 is 1.25 bits per heavy atom. The van der Waals surface area contributed by atoms with Gasteiger partial charge in [-0.3, -0.25) is 0 Å². The summed E-state index contributed by atoms with van der Waals surface area (Å²) in [5.41, 5.74) is 0.759. The fraction of sp³-hybridized carbons (Fsp3) is 0.538. The van der Waals surface area contributed by atoms with E-state index in [4.69, 9.17) is 9.84 Å². The molecule has 0 bridgehead atoms. The number of aliphatic hydroxyl groups is 1. The Morgan fingerprint density at radius 3 is 2.50 bits per heavy atom. The molecule has 1 rings (SSSR count). The number of rotatable bonds is 4. The van der Waals surface area contributed by atoms with E-state index in [9.17, 15) is 5.11 Å². The van der Waals surface area contributed by atoms with E-state index < -0.39 is 0 Å². The molecule has 0 spiro atoms. The molecule has 2 N–H and O–H groups in total. The van der Waals surface area contributed by atoms with E-state index in [1.807, 2.05) is 26.8 Å². The van der Waals surface area contributed by atoms with Crippen LogP contribution in [0, 0.1) is 0 Å². The van der Waals surface area contributed by atoms with Crippen molar-refractivity contribution in [3.8, 4) is 11.5 Å². The van der Waals surface area contributed by atoms with Crippen LogP contribution in [-0.2, 0) is 5.41 Å². The summed E-state index contributed by atoms with van der Waals surface area (Å²) in [6, 6.07) is 5.24. The van der Waals surface area contributed by atoms with Gasteiger partial charge in [-0.05, 0) is 23.6 Å². The monoisotopic (exact) mass is 224 g/mol. The summed E-state index contributed by atoms with van der Waals surface area (Å²) >= 11 is 0. The highest BCUT2D eigenvalue weighted by molar-refractivity contribution is 5.43. The maximum Gasteiger partial charge on any atom is 0.119 e. The van der Waals surface area contributed by atoms with Gasteiger partial charge in [0.2, 0.25) is 0 Å². The fourth-order valence-corrected chi connectivity index (χ4v) is 1.46. The molecule has 0 heterocycles. The summed E-state index contributed by atoms with van der Waals surface area (Å²) in [5.74, 6) is 1.03. The molecule has 90 valence electrons. The molecule has 1 aromatic rings. The summed E-state index contributed by atoms with van der Waals surface area (Å²) in [7, 11) is 0. The molecule has 0 saturated heterocycles. The lowest BCUT2D eigenvalue weighted by Gasteiger charge is -2.21. The summed E-state index contributed by atoms with van der Waals surface area (Å²) < 4.78 is 5.47. The van der Waals surface area contributed by atoms with E-state index in [1.165, 1.54) is 0 Å². The molecule has 3 heteroatoms. The third-order valence-corrected chi connectivity index (χ3v) is 2.35. The van der Waals surface area contributed by atoms with E-state index in [1.54, 1.807) is 12.1 Å². The first-order valence-corrected chi connectivity index (χ1v) is 5.52. The lowest BCUT2D eigenvalue weighted by molar-refractivity contribution is 0.233. The molecule has 0 saturated carbocycles. The maximum atomic E-state index is 9.75. The first-order chi connectivity index (χ1) is 7.45. The van der Waals surface area contributed by atoms with Crippen LogP contribution in [0.2, 0.25) is 0 Å². The Bertz CT molecular complexity index is 340. The Balaban J connectivity index is 2.82. The van der Waals surface area contributed by atoms with Gasteiger partial charge in [0.25, 0.3) is 0 Å². The van der Waals surface area contributed by atoms with Crippen molar-refractivity contribution < 1.29 is 14.9 Å². The molecule has 0 unspecified atom stereocenters. The van der Waals surface area contributed by atoms with Crippen molar-refractivity contribution in [2.75, 3.05) is 13.2 Å². The topological polar surface area (TPSA) is 49.7 Å². The zero-order chi connectivity index (χ0) is 12.2. The Kier molecular flexibility index (Phi) is 4.19. The van der Waals surface area contributed by atoms with Crippen LogP contribution in [0.3, 0.4) is 0 Å². The van der Waals surface area contributed by atoms with Crippen molar-refractivity contribution in [1.82, 2.24) is 0 Å². The standard InChI is InChI=1S/C13H20O3/c1-13(2,3)11-9-10(5-6-12(11)15)16-8-4-7-14/h5-6,9,14-15H,4,7-8H2,1-3H3. The van der Waals surface area contributed by atoms with Crippen LogP contribution in [0.1, 0.15) is 32.8 Å². The van der Waals surface area contributed by atoms with Crippen LogP contribution in [0.25, 0.3) is 0 Å². The number of benzene rings is 1. The third-order valence-electron chi connectivity index (χ3n) is 2.35. The molecular formula is C13H20O3. The predicted octanol–water partition coefficient (Wildman–Crippen LogP) is 2.45. The average Bonchev–Trinajstić information content (AvgIpc) is 2.19. The van der Waals surface area contributed by atoms with Gasteiger partial charge in [0.15, 0.2) is 0 Å². The number of hydrogen-bond donors (Lipinski definition) is 2. The number of phenolic OH excluding ortho intramolecular Hbond substituents is 1. The molecule has 0 aliphatic rings. The van der Waals surface area contributed by atoms with Gasteiger partial charge in [0, 0.05) is 18.6 Å². The first kappa shape index (κ1) is 12.8. The Labute approximate surface area is 96.7 Å². The highest BCUT2D eigenvalue weighted by atomic mass is 16.5. The van der Waals surface area contributed by atoms with Crippen LogP contribution in [0.15, 0.2) is 18.2 Å². The Morgan fingerprint density at radius 2 is 1.94 bits per heavy atom. The van der Waals surface area contributed by atoms with Crippen LogP contribution in [-0.4, -0.2) is 23.4 Å². The van der Waals surface area contributed by atoms with Crippen LogP contribution >= 0.6 is 0 Å². The van der Waals surface area contributed by atoms with Crippen molar-refractivity contribution >= 4 is 0 Å². The lowest BCUT2D eigenvalue weighted by atomic mass is 9.86. The summed E-state index contributed by atoms with van der Waals surface area (Å²) in [4.78, 5) is 0. The van der Waals surface area contributed by atoms with Crippen LogP contribution in [0.4, 0.5) is 0 Å². The largest absolute Gasteiger partial charge is 0.508 e. The molecule has 0 atom stereocenters. The van der Waals surface area contributed by atoms with E-state index in [2.05, 4.69) is 0 Å². The van der Waals surface area contributed by atoms with E-state index in [-0.39, 0.29) is 12.0 Å². The number of aromatic hydroxyl groups is 1. The number of ether oxygens (including phenoxy) is 1. The number of hydrogen-bond acceptors (Lipinski definition) is 3. The van der Waals surface area contributed by atoms with Crippen molar-refractivity contribution in [2.45, 2.75) is 32.6 Å². The van der Waals surface area contributed by atoms with Gasteiger partial charge in [-0.1, -0.05) is 20.8 Å². The van der Waals surface area contributed by atoms with E-state index >= 15 is 0 Å². The SMILES string of the molecule is CC(C)(C)c1cc(OCCCO)ccc1O. The van der Waals surface area contributed by atoms with Gasteiger partial charge >= 0.3 is 0 Å². The van der Waals surface area contributed by atoms with Gasteiger partial charge in [-0.15, -0.1) is 0 Å². The summed E-state index contributed by atoms with van der Waals surface area (Å²) in [6.45, 7) is 6.74. The molecule has 0 aliphatic heterocycles. The molecular weight excluding hydrogens is 204 g/mol. The molecule has 0 aliphatic carbocycles. The molecule has 0 aromatic heterocycles. The molecule has 3 nitrogen and oxygen atoms in total. The quantitative estimate of drug-likeness (QED) is 0.772. The molecule has 0 amide bonds. The predicted molar refractivity (Wildman–Crippen MR) is 64.0 cm³/mol. The van der Waals surface area contributed by atoms with E-state index in [0.29, 0.717) is 18.8 Å². The van der Waals surface area contributed by atoms with Crippen molar-refractivity contribution in [1.29, 1.82) is 0 Å². The minimum absolute atomic E-state index is 0.111. The average molecular weight is 224 g/mol. The molecule has 16 heavy (non-hydrogen) atoms. The normalized spacial score (nSPS) is 11.5. The van der Waals surface area contributed by atoms with Gasteiger partial charge in [-0.25, -0.2) is 0 Å². The van der Waals surface area contributed by atoms with Crippen molar-refractivity contribution in [3.63, 3.8) is 0 Å². The van der Waals surface area contributed by atoms with Crippen LogP contribution < -0.4 is 4.74 Å². The smallest absolute Gasteiger partial charge is 0.119 e. The molecule has 1 aromatic carbocycles. The van der Waals surface area contributed by atoms with E-state index in [0.717, 1.165) is 11.3 Å².